The van der Waals surface area contributed by atoms with Gasteiger partial charge in [0.2, 0.25) is 0 Å². The summed E-state index contributed by atoms with van der Waals surface area (Å²) in [6, 6.07) is 10.8. The molecule has 0 fully saturated rings. The van der Waals surface area contributed by atoms with E-state index in [4.69, 9.17) is 16.3 Å². The molecule has 108 valence electrons. The zero-order valence-corrected chi connectivity index (χ0v) is 12.0. The van der Waals surface area contributed by atoms with Crippen LogP contribution in [0, 0.1) is 5.82 Å². The Kier molecular flexibility index (Phi) is 4.60. The molecule has 0 saturated carbocycles. The Balaban J connectivity index is 2.21. The Hall–Kier alpha value is -2.33. The van der Waals surface area contributed by atoms with Crippen LogP contribution in [0.4, 0.5) is 4.39 Å². The maximum absolute atomic E-state index is 14.0. The average Bonchev–Trinajstić information content (AvgIpc) is 2.48. The summed E-state index contributed by atoms with van der Waals surface area (Å²) in [5.41, 5.74) is 0.0262. The predicted octanol–water partition coefficient (Wildman–Crippen LogP) is 4.46. The molecule has 0 atom stereocenters. The van der Waals surface area contributed by atoms with Crippen LogP contribution in [-0.4, -0.2) is 13.1 Å². The number of methoxy groups -OCH3 is 1. The van der Waals surface area contributed by atoms with Crippen molar-refractivity contribution < 1.29 is 18.7 Å². The van der Waals surface area contributed by atoms with E-state index >= 15 is 0 Å². The molecule has 0 bridgehead atoms. The van der Waals surface area contributed by atoms with Crippen molar-refractivity contribution in [2.24, 2.45) is 0 Å². The third-order valence-corrected chi connectivity index (χ3v) is 3.00. The Morgan fingerprint density at radius 2 is 1.76 bits per heavy atom. The zero-order valence-electron chi connectivity index (χ0n) is 11.2. The number of rotatable bonds is 4. The second-order valence-electron chi connectivity index (χ2n) is 4.17. The second kappa shape index (κ2) is 6.41. The zero-order chi connectivity index (χ0) is 15.4. The van der Waals surface area contributed by atoms with Gasteiger partial charge in [-0.1, -0.05) is 18.2 Å². The first-order valence-corrected chi connectivity index (χ1v) is 6.39. The number of carbonyl (C=O) groups is 1. The number of carbonyl (C=O) groups excluding carboxylic acids is 1. The lowest BCUT2D eigenvalue weighted by Gasteiger charge is -2.09. The molecule has 3 nitrogen and oxygen atoms in total. The molecular weight excluding hydrogens is 295 g/mol. The fourth-order valence-electron chi connectivity index (χ4n) is 1.68. The van der Waals surface area contributed by atoms with Gasteiger partial charge >= 0.3 is 5.97 Å². The average molecular weight is 307 g/mol. The van der Waals surface area contributed by atoms with Gasteiger partial charge in [0.15, 0.2) is 0 Å². The molecule has 0 aliphatic rings. The highest BCUT2D eigenvalue weighted by Gasteiger charge is 2.14. The monoisotopic (exact) mass is 306 g/mol. The third-order valence-electron chi connectivity index (χ3n) is 2.75. The molecule has 0 N–H and O–H groups in total. The summed E-state index contributed by atoms with van der Waals surface area (Å²) < 4.78 is 24.0. The normalized spacial score (nSPS) is 10.0. The predicted molar refractivity (Wildman–Crippen MR) is 79.0 cm³/mol. The summed E-state index contributed by atoms with van der Waals surface area (Å²) in [4.78, 5) is 11.3. The molecule has 0 aromatic heterocycles. The Morgan fingerprint density at radius 1 is 1.14 bits per heavy atom. The number of hydrogen-bond donors (Lipinski definition) is 0. The molecule has 2 aromatic carbocycles. The lowest BCUT2D eigenvalue weighted by atomic mass is 10.1. The first kappa shape index (κ1) is 15.1. The van der Waals surface area contributed by atoms with Gasteiger partial charge in [-0.2, -0.15) is 0 Å². The molecule has 21 heavy (non-hydrogen) atoms. The third kappa shape index (κ3) is 3.61. The van der Waals surface area contributed by atoms with Gasteiger partial charge in [-0.15, -0.1) is 0 Å². The number of esters is 1. The first-order chi connectivity index (χ1) is 10.0. The smallest absolute Gasteiger partial charge is 0.337 e. The van der Waals surface area contributed by atoms with Crippen LogP contribution in [0.3, 0.4) is 0 Å². The molecule has 5 heteroatoms. The fraction of sp³-hybridized carbons (Fsp3) is 0.0625. The van der Waals surface area contributed by atoms with Crippen LogP contribution >= 0.6 is 11.6 Å². The van der Waals surface area contributed by atoms with E-state index in [0.717, 1.165) is 0 Å². The minimum Gasteiger partial charge on any atom is -0.465 e. The quantitative estimate of drug-likeness (QED) is 0.618. The second-order valence-corrected chi connectivity index (χ2v) is 4.60. The summed E-state index contributed by atoms with van der Waals surface area (Å²) in [7, 11) is 1.21. The molecule has 0 aliphatic carbocycles. The number of hydrogen-bond acceptors (Lipinski definition) is 3. The van der Waals surface area contributed by atoms with Crippen molar-refractivity contribution >= 4 is 23.1 Å². The van der Waals surface area contributed by atoms with E-state index in [1.165, 1.54) is 19.2 Å². The Bertz CT molecular complexity index is 680. The molecule has 0 amide bonds. The molecule has 2 aromatic rings. The van der Waals surface area contributed by atoms with Crippen molar-refractivity contribution in [3.63, 3.8) is 0 Å². The lowest BCUT2D eigenvalue weighted by molar-refractivity contribution is -0.133. The van der Waals surface area contributed by atoms with Gasteiger partial charge in [0.25, 0.3) is 0 Å². The van der Waals surface area contributed by atoms with Crippen LogP contribution in [0.5, 0.6) is 11.5 Å². The van der Waals surface area contributed by atoms with Crippen LogP contribution in [-0.2, 0) is 9.53 Å². The maximum atomic E-state index is 14.0. The van der Waals surface area contributed by atoms with E-state index in [-0.39, 0.29) is 11.1 Å². The van der Waals surface area contributed by atoms with Crippen LogP contribution in [0.15, 0.2) is 49.0 Å². The largest absolute Gasteiger partial charge is 0.465 e. The highest BCUT2D eigenvalue weighted by Crippen LogP contribution is 2.27. The van der Waals surface area contributed by atoms with Gasteiger partial charge in [0.05, 0.1) is 12.7 Å². The van der Waals surface area contributed by atoms with E-state index in [9.17, 15) is 9.18 Å². The Morgan fingerprint density at radius 3 is 2.33 bits per heavy atom. The molecule has 0 heterocycles. The van der Waals surface area contributed by atoms with Crippen molar-refractivity contribution in [3.05, 3.63) is 65.4 Å². The van der Waals surface area contributed by atoms with Gasteiger partial charge in [0.1, 0.15) is 17.3 Å². The number of benzene rings is 2. The summed E-state index contributed by atoms with van der Waals surface area (Å²) >= 11 is 5.77. The standard InChI is InChI=1S/C16H12ClFO3/c1-10(16(19)20-2)14-8-7-13(9-15(14)18)21-12-5-3-11(17)4-6-12/h3-9H,1H2,2H3. The fourth-order valence-corrected chi connectivity index (χ4v) is 1.80. The molecule has 0 spiro atoms. The topological polar surface area (TPSA) is 35.5 Å². The van der Waals surface area contributed by atoms with E-state index in [1.807, 2.05) is 0 Å². The minimum absolute atomic E-state index is 0.0481. The van der Waals surface area contributed by atoms with E-state index in [1.54, 1.807) is 30.3 Å². The molecule has 0 saturated heterocycles. The summed E-state index contributed by atoms with van der Waals surface area (Å²) in [5.74, 6) is -0.466. The maximum Gasteiger partial charge on any atom is 0.337 e. The van der Waals surface area contributed by atoms with Crippen LogP contribution in [0.1, 0.15) is 5.56 Å². The number of halogens is 2. The first-order valence-electron chi connectivity index (χ1n) is 6.02. The van der Waals surface area contributed by atoms with Gasteiger partial charge in [-0.3, -0.25) is 0 Å². The van der Waals surface area contributed by atoms with Crippen LogP contribution < -0.4 is 4.74 Å². The lowest BCUT2D eigenvalue weighted by Crippen LogP contribution is -2.04. The van der Waals surface area contributed by atoms with Crippen molar-refractivity contribution in [1.29, 1.82) is 0 Å². The van der Waals surface area contributed by atoms with Gasteiger partial charge < -0.3 is 9.47 Å². The van der Waals surface area contributed by atoms with Crippen molar-refractivity contribution in [1.82, 2.24) is 0 Å². The van der Waals surface area contributed by atoms with Crippen LogP contribution in [0.25, 0.3) is 5.57 Å². The molecule has 2 rings (SSSR count). The van der Waals surface area contributed by atoms with E-state index in [2.05, 4.69) is 11.3 Å². The van der Waals surface area contributed by atoms with Crippen molar-refractivity contribution in [2.45, 2.75) is 0 Å². The van der Waals surface area contributed by atoms with Gasteiger partial charge in [0, 0.05) is 16.7 Å². The molecular formula is C16H12ClFO3. The highest BCUT2D eigenvalue weighted by molar-refractivity contribution is 6.30. The molecule has 0 aliphatic heterocycles. The summed E-state index contributed by atoms with van der Waals surface area (Å²) in [6.45, 7) is 3.51. The molecule has 0 unspecified atom stereocenters. The van der Waals surface area contributed by atoms with E-state index in [0.29, 0.717) is 16.5 Å². The summed E-state index contributed by atoms with van der Waals surface area (Å²) in [6.07, 6.45) is 0. The van der Waals surface area contributed by atoms with Crippen molar-refractivity contribution in [3.8, 4) is 11.5 Å². The van der Waals surface area contributed by atoms with E-state index < -0.39 is 11.8 Å². The summed E-state index contributed by atoms with van der Waals surface area (Å²) in [5, 5.41) is 0.582. The highest BCUT2D eigenvalue weighted by atomic mass is 35.5. The van der Waals surface area contributed by atoms with Gasteiger partial charge in [-0.05, 0) is 36.4 Å². The molecule has 0 radical (unpaired) electrons. The Labute approximate surface area is 126 Å². The van der Waals surface area contributed by atoms with Crippen molar-refractivity contribution in [2.75, 3.05) is 7.11 Å². The SMILES string of the molecule is C=C(C(=O)OC)c1ccc(Oc2ccc(Cl)cc2)cc1F. The number of ether oxygens (including phenoxy) is 2. The van der Waals surface area contributed by atoms with Gasteiger partial charge in [-0.25, -0.2) is 9.18 Å². The minimum atomic E-state index is -0.680. The van der Waals surface area contributed by atoms with Crippen LogP contribution in [0.2, 0.25) is 5.02 Å².